The van der Waals surface area contributed by atoms with Gasteiger partial charge in [-0.1, -0.05) is 22.0 Å². The van der Waals surface area contributed by atoms with Gasteiger partial charge in [-0.3, -0.25) is 0 Å². The molecule has 0 spiro atoms. The quantitative estimate of drug-likeness (QED) is 0.539. The Hall–Kier alpha value is -2.34. The first kappa shape index (κ1) is 18.0. The molecule has 0 aromatic heterocycles. The molecule has 126 valence electrons. The van der Waals surface area contributed by atoms with Gasteiger partial charge in [0.25, 0.3) is 0 Å². The fraction of sp³-hybridized carbons (Fsp3) is 0.167. The minimum absolute atomic E-state index is 0.0281. The molecule has 0 saturated heterocycles. The van der Waals surface area contributed by atoms with Gasteiger partial charge in [-0.15, -0.1) is 0 Å². The molecule has 0 atom stereocenters. The summed E-state index contributed by atoms with van der Waals surface area (Å²) in [4.78, 5) is 11.8. The Kier molecular flexibility index (Phi) is 6.37. The van der Waals surface area contributed by atoms with E-state index in [2.05, 4.69) is 15.9 Å². The topological polar surface area (TPSA) is 44.8 Å². The predicted molar refractivity (Wildman–Crippen MR) is 92.5 cm³/mol. The number of benzene rings is 2. The molecule has 6 heteroatoms. The summed E-state index contributed by atoms with van der Waals surface area (Å²) in [6.07, 6.45) is 2.89. The molecule has 0 aliphatic rings. The van der Waals surface area contributed by atoms with Crippen LogP contribution in [0.25, 0.3) is 6.08 Å². The van der Waals surface area contributed by atoms with E-state index < -0.39 is 11.8 Å². The van der Waals surface area contributed by atoms with E-state index in [1.165, 1.54) is 25.3 Å². The van der Waals surface area contributed by atoms with Gasteiger partial charge in [-0.2, -0.15) is 0 Å². The van der Waals surface area contributed by atoms with Gasteiger partial charge in [0.15, 0.2) is 11.6 Å². The van der Waals surface area contributed by atoms with Crippen LogP contribution in [-0.2, 0) is 16.1 Å². The van der Waals surface area contributed by atoms with Crippen molar-refractivity contribution in [1.82, 2.24) is 0 Å². The van der Waals surface area contributed by atoms with Crippen molar-refractivity contribution in [3.63, 3.8) is 0 Å². The van der Waals surface area contributed by atoms with E-state index in [1.807, 2.05) is 12.1 Å². The molecule has 2 aromatic carbocycles. The summed E-state index contributed by atoms with van der Waals surface area (Å²) in [5.74, 6) is -0.250. The van der Waals surface area contributed by atoms with Crippen LogP contribution in [0.4, 0.5) is 4.39 Å². The van der Waals surface area contributed by atoms with E-state index in [4.69, 9.17) is 14.2 Å². The van der Waals surface area contributed by atoms with Crippen molar-refractivity contribution < 1.29 is 23.4 Å². The van der Waals surface area contributed by atoms with Crippen molar-refractivity contribution >= 4 is 28.0 Å². The van der Waals surface area contributed by atoms with Crippen LogP contribution in [0.5, 0.6) is 11.5 Å². The molecule has 0 radical (unpaired) electrons. The molecule has 2 aromatic rings. The van der Waals surface area contributed by atoms with E-state index in [1.54, 1.807) is 25.3 Å². The standard InChI is InChI=1S/C18H16BrFO4/c1-22-16-7-5-14(19)10-13(16)4-8-18(21)24-11-12-3-6-17(23-2)15(20)9-12/h3-10H,11H2,1-2H3/b8-4+. The van der Waals surface area contributed by atoms with Gasteiger partial charge in [0.1, 0.15) is 12.4 Å². The second-order valence-electron chi connectivity index (χ2n) is 4.80. The Labute approximate surface area is 148 Å². The summed E-state index contributed by atoms with van der Waals surface area (Å²) in [5, 5.41) is 0. The highest BCUT2D eigenvalue weighted by atomic mass is 79.9. The summed E-state index contributed by atoms with van der Waals surface area (Å²) >= 11 is 3.36. The predicted octanol–water partition coefficient (Wildman–Crippen LogP) is 4.36. The molecule has 0 bridgehead atoms. The Morgan fingerprint density at radius 3 is 2.50 bits per heavy atom. The fourth-order valence-corrected chi connectivity index (χ4v) is 2.37. The maximum Gasteiger partial charge on any atom is 0.331 e. The Bertz CT molecular complexity index is 759. The summed E-state index contributed by atoms with van der Waals surface area (Å²) in [7, 11) is 2.94. The summed E-state index contributed by atoms with van der Waals surface area (Å²) in [5.41, 5.74) is 1.27. The summed E-state index contributed by atoms with van der Waals surface area (Å²) < 4.78 is 29.6. The average molecular weight is 395 g/mol. The average Bonchev–Trinajstić information content (AvgIpc) is 2.58. The van der Waals surface area contributed by atoms with E-state index in [9.17, 15) is 9.18 Å². The maximum atomic E-state index is 13.6. The van der Waals surface area contributed by atoms with E-state index in [0.717, 1.165) is 10.0 Å². The van der Waals surface area contributed by atoms with Gasteiger partial charge in [-0.25, -0.2) is 9.18 Å². The minimum atomic E-state index is -0.534. The third-order valence-corrected chi connectivity index (χ3v) is 3.68. The molecule has 0 aliphatic carbocycles. The largest absolute Gasteiger partial charge is 0.496 e. The van der Waals surface area contributed by atoms with E-state index in [-0.39, 0.29) is 12.4 Å². The molecule has 0 heterocycles. The number of methoxy groups -OCH3 is 2. The van der Waals surface area contributed by atoms with Crippen LogP contribution in [0, 0.1) is 5.82 Å². The SMILES string of the molecule is COc1ccc(COC(=O)/C=C/c2cc(Br)ccc2OC)cc1F. The van der Waals surface area contributed by atoms with Crippen LogP contribution >= 0.6 is 15.9 Å². The van der Waals surface area contributed by atoms with E-state index >= 15 is 0 Å². The van der Waals surface area contributed by atoms with Gasteiger partial charge in [0.05, 0.1) is 14.2 Å². The first-order valence-electron chi connectivity index (χ1n) is 7.04. The van der Waals surface area contributed by atoms with Gasteiger partial charge in [0.2, 0.25) is 0 Å². The van der Waals surface area contributed by atoms with Crippen LogP contribution in [0.15, 0.2) is 46.9 Å². The van der Waals surface area contributed by atoms with Crippen LogP contribution in [0.1, 0.15) is 11.1 Å². The lowest BCUT2D eigenvalue weighted by Crippen LogP contribution is -2.01. The lowest BCUT2D eigenvalue weighted by atomic mass is 10.2. The Morgan fingerprint density at radius 2 is 1.83 bits per heavy atom. The first-order valence-corrected chi connectivity index (χ1v) is 7.83. The summed E-state index contributed by atoms with van der Waals surface area (Å²) in [6.45, 7) is -0.0281. The third-order valence-electron chi connectivity index (χ3n) is 3.19. The molecule has 0 aliphatic heterocycles. The van der Waals surface area contributed by atoms with E-state index in [0.29, 0.717) is 11.3 Å². The number of halogens is 2. The van der Waals surface area contributed by atoms with Crippen LogP contribution in [-0.4, -0.2) is 20.2 Å². The molecular formula is C18H16BrFO4. The number of hydrogen-bond donors (Lipinski definition) is 0. The smallest absolute Gasteiger partial charge is 0.331 e. The van der Waals surface area contributed by atoms with Gasteiger partial charge < -0.3 is 14.2 Å². The molecule has 0 saturated carbocycles. The fourth-order valence-electron chi connectivity index (χ4n) is 2.00. The minimum Gasteiger partial charge on any atom is -0.496 e. The zero-order valence-electron chi connectivity index (χ0n) is 13.2. The van der Waals surface area contributed by atoms with Gasteiger partial charge in [0, 0.05) is 16.1 Å². The van der Waals surface area contributed by atoms with Crippen molar-refractivity contribution in [2.45, 2.75) is 6.61 Å². The molecular weight excluding hydrogens is 379 g/mol. The third kappa shape index (κ3) is 4.83. The number of esters is 1. The molecule has 0 unspecified atom stereocenters. The molecule has 0 fully saturated rings. The zero-order chi connectivity index (χ0) is 17.5. The molecule has 2 rings (SSSR count). The number of rotatable bonds is 6. The second kappa shape index (κ2) is 8.49. The zero-order valence-corrected chi connectivity index (χ0v) is 14.8. The highest BCUT2D eigenvalue weighted by Crippen LogP contribution is 2.24. The number of ether oxygens (including phenoxy) is 3. The molecule has 0 N–H and O–H groups in total. The Balaban J connectivity index is 1.98. The van der Waals surface area contributed by atoms with Crippen LogP contribution in [0.2, 0.25) is 0 Å². The van der Waals surface area contributed by atoms with Gasteiger partial charge >= 0.3 is 5.97 Å². The highest BCUT2D eigenvalue weighted by Gasteiger charge is 2.06. The van der Waals surface area contributed by atoms with Crippen molar-refractivity contribution in [2.75, 3.05) is 14.2 Å². The van der Waals surface area contributed by atoms with Crippen LogP contribution in [0.3, 0.4) is 0 Å². The highest BCUT2D eigenvalue weighted by molar-refractivity contribution is 9.10. The van der Waals surface area contributed by atoms with Gasteiger partial charge in [-0.05, 0) is 42.0 Å². The molecule has 4 nitrogen and oxygen atoms in total. The maximum absolute atomic E-state index is 13.6. The van der Waals surface area contributed by atoms with Crippen molar-refractivity contribution in [1.29, 1.82) is 0 Å². The Morgan fingerprint density at radius 1 is 1.12 bits per heavy atom. The first-order chi connectivity index (χ1) is 11.5. The summed E-state index contributed by atoms with van der Waals surface area (Å²) in [6, 6.07) is 9.84. The van der Waals surface area contributed by atoms with Crippen molar-refractivity contribution in [3.05, 3.63) is 63.9 Å². The van der Waals surface area contributed by atoms with Crippen LogP contribution < -0.4 is 9.47 Å². The van der Waals surface area contributed by atoms with Crippen molar-refractivity contribution in [2.24, 2.45) is 0 Å². The molecule has 0 amide bonds. The second-order valence-corrected chi connectivity index (χ2v) is 5.71. The lowest BCUT2D eigenvalue weighted by Gasteiger charge is -2.06. The number of carbonyl (C=O) groups excluding carboxylic acids is 1. The lowest BCUT2D eigenvalue weighted by molar-refractivity contribution is -0.138. The molecule has 24 heavy (non-hydrogen) atoms. The monoisotopic (exact) mass is 394 g/mol. The number of hydrogen-bond acceptors (Lipinski definition) is 4. The number of carbonyl (C=O) groups is 1. The normalized spacial score (nSPS) is 10.7. The van der Waals surface area contributed by atoms with Crippen molar-refractivity contribution in [3.8, 4) is 11.5 Å².